The lowest BCUT2D eigenvalue weighted by Crippen LogP contribution is -2.55. The molecule has 1 aliphatic heterocycles. The lowest BCUT2D eigenvalue weighted by atomic mass is 9.95. The summed E-state index contributed by atoms with van der Waals surface area (Å²) in [5.41, 5.74) is -0.527. The number of carbonyl (C=O) groups excluding carboxylic acids is 2. The Bertz CT molecular complexity index is 703. The van der Waals surface area contributed by atoms with Crippen LogP contribution in [0.25, 0.3) is 0 Å². The Balaban J connectivity index is 1.60. The normalized spacial score (nSPS) is 19.1. The summed E-state index contributed by atoms with van der Waals surface area (Å²) in [7, 11) is 0. The molecule has 7 heteroatoms. The first-order chi connectivity index (χ1) is 13.2. The number of anilines is 1. The maximum absolute atomic E-state index is 12.8. The van der Waals surface area contributed by atoms with Crippen molar-refractivity contribution in [2.45, 2.75) is 64.5 Å². The van der Waals surface area contributed by atoms with Gasteiger partial charge in [0.05, 0.1) is 11.1 Å². The molecule has 2 aliphatic rings. The summed E-state index contributed by atoms with van der Waals surface area (Å²) in [5.74, 6) is 1.11. The van der Waals surface area contributed by atoms with Crippen molar-refractivity contribution in [1.29, 1.82) is 0 Å². The van der Waals surface area contributed by atoms with Crippen molar-refractivity contribution in [3.8, 4) is 0 Å². The van der Waals surface area contributed by atoms with Crippen LogP contribution in [0, 0.1) is 5.92 Å². The lowest BCUT2D eigenvalue weighted by molar-refractivity contribution is 0.0502. The zero-order chi connectivity index (χ0) is 20.4. The fraction of sp³-hybridized carbons (Fsp3) is 0.667. The van der Waals surface area contributed by atoms with Gasteiger partial charge < -0.3 is 20.3 Å². The van der Waals surface area contributed by atoms with E-state index in [-0.39, 0.29) is 5.91 Å². The van der Waals surface area contributed by atoms with Crippen molar-refractivity contribution < 1.29 is 14.3 Å². The Hall–Kier alpha value is -2.31. The summed E-state index contributed by atoms with van der Waals surface area (Å²) in [6, 6.07) is 3.73. The number of pyridine rings is 1. The number of aromatic nitrogens is 1. The maximum Gasteiger partial charge on any atom is 0.407 e. The summed E-state index contributed by atoms with van der Waals surface area (Å²) in [4.78, 5) is 31.5. The second kappa shape index (κ2) is 7.97. The molecule has 0 spiro atoms. The van der Waals surface area contributed by atoms with E-state index in [1.807, 2.05) is 39.8 Å². The zero-order valence-corrected chi connectivity index (χ0v) is 17.4. The molecule has 1 aliphatic carbocycles. The second-order valence-corrected chi connectivity index (χ2v) is 9.10. The molecule has 1 unspecified atom stereocenters. The fourth-order valence-electron chi connectivity index (χ4n) is 3.57. The molecule has 1 aromatic heterocycles. The van der Waals surface area contributed by atoms with E-state index in [0.717, 1.165) is 31.7 Å². The third kappa shape index (κ3) is 5.36. The molecule has 2 heterocycles. The lowest BCUT2D eigenvalue weighted by Gasteiger charge is -2.32. The van der Waals surface area contributed by atoms with Crippen LogP contribution in [0.5, 0.6) is 0 Å². The van der Waals surface area contributed by atoms with E-state index < -0.39 is 17.2 Å². The highest BCUT2D eigenvalue weighted by Crippen LogP contribution is 2.39. The van der Waals surface area contributed by atoms with Crippen molar-refractivity contribution in [2.24, 2.45) is 5.92 Å². The summed E-state index contributed by atoms with van der Waals surface area (Å²) in [6.45, 7) is 9.83. The van der Waals surface area contributed by atoms with Crippen molar-refractivity contribution >= 4 is 17.8 Å². The molecule has 1 saturated carbocycles. The van der Waals surface area contributed by atoms with Crippen LogP contribution in [0.1, 0.15) is 63.7 Å². The van der Waals surface area contributed by atoms with Crippen molar-refractivity contribution in [3.63, 3.8) is 0 Å². The van der Waals surface area contributed by atoms with E-state index in [0.29, 0.717) is 18.0 Å². The van der Waals surface area contributed by atoms with E-state index in [2.05, 4.69) is 20.5 Å². The van der Waals surface area contributed by atoms with Gasteiger partial charge in [-0.15, -0.1) is 0 Å². The highest BCUT2D eigenvalue weighted by atomic mass is 16.6. The average Bonchev–Trinajstić information content (AvgIpc) is 3.35. The average molecular weight is 389 g/mol. The molecule has 1 atom stereocenters. The van der Waals surface area contributed by atoms with Gasteiger partial charge in [-0.1, -0.05) is 0 Å². The van der Waals surface area contributed by atoms with Gasteiger partial charge in [-0.3, -0.25) is 4.79 Å². The van der Waals surface area contributed by atoms with Gasteiger partial charge in [0.25, 0.3) is 5.91 Å². The number of carbonyl (C=O) groups is 2. The Morgan fingerprint density at radius 3 is 2.39 bits per heavy atom. The topological polar surface area (TPSA) is 83.6 Å². The fourth-order valence-corrected chi connectivity index (χ4v) is 3.57. The van der Waals surface area contributed by atoms with Crippen LogP contribution >= 0.6 is 0 Å². The first-order valence-electron chi connectivity index (χ1n) is 10.2. The van der Waals surface area contributed by atoms with Gasteiger partial charge in [0, 0.05) is 25.8 Å². The molecule has 1 aromatic rings. The second-order valence-electron chi connectivity index (χ2n) is 9.10. The Morgan fingerprint density at radius 1 is 1.18 bits per heavy atom. The number of hydrogen-bond acceptors (Lipinski definition) is 5. The molecule has 0 radical (unpaired) electrons. The SMILES string of the molecule is CC(C)(C)OC(=O)NCC(C)(NC(=O)c1ccc(N2CCCC2)nc1)C1CC1. The third-order valence-electron chi connectivity index (χ3n) is 5.32. The predicted octanol–water partition coefficient (Wildman–Crippen LogP) is 3.11. The quantitative estimate of drug-likeness (QED) is 0.782. The molecule has 2 fully saturated rings. The summed E-state index contributed by atoms with van der Waals surface area (Å²) < 4.78 is 5.31. The molecule has 28 heavy (non-hydrogen) atoms. The van der Waals surface area contributed by atoms with Crippen molar-refractivity contribution in [1.82, 2.24) is 15.6 Å². The predicted molar refractivity (Wildman–Crippen MR) is 109 cm³/mol. The van der Waals surface area contributed by atoms with Crippen molar-refractivity contribution in [3.05, 3.63) is 23.9 Å². The summed E-state index contributed by atoms with van der Waals surface area (Å²) in [5, 5.41) is 5.92. The number of nitrogens with one attached hydrogen (secondary N) is 2. The molecule has 7 nitrogen and oxygen atoms in total. The van der Waals surface area contributed by atoms with E-state index in [1.54, 1.807) is 6.20 Å². The molecular formula is C21H32N4O3. The van der Waals surface area contributed by atoms with Crippen LogP contribution in [0.4, 0.5) is 10.6 Å². The van der Waals surface area contributed by atoms with E-state index in [9.17, 15) is 9.59 Å². The summed E-state index contributed by atoms with van der Waals surface area (Å²) >= 11 is 0. The highest BCUT2D eigenvalue weighted by Gasteiger charge is 2.43. The number of hydrogen-bond donors (Lipinski definition) is 2. The van der Waals surface area contributed by atoms with Gasteiger partial charge in [-0.25, -0.2) is 9.78 Å². The maximum atomic E-state index is 12.8. The minimum atomic E-state index is -0.550. The third-order valence-corrected chi connectivity index (χ3v) is 5.32. The minimum absolute atomic E-state index is 0.166. The van der Waals surface area contributed by atoms with Crippen LogP contribution in [-0.2, 0) is 4.74 Å². The van der Waals surface area contributed by atoms with Crippen LogP contribution < -0.4 is 15.5 Å². The Morgan fingerprint density at radius 2 is 1.86 bits per heavy atom. The number of amides is 2. The van der Waals surface area contributed by atoms with Gasteiger partial charge in [0.15, 0.2) is 0 Å². The molecule has 2 N–H and O–H groups in total. The molecule has 3 rings (SSSR count). The van der Waals surface area contributed by atoms with Gasteiger partial charge >= 0.3 is 6.09 Å². The van der Waals surface area contributed by atoms with Gasteiger partial charge in [-0.05, 0) is 71.4 Å². The van der Waals surface area contributed by atoms with E-state index >= 15 is 0 Å². The van der Waals surface area contributed by atoms with Crippen LogP contribution in [0.15, 0.2) is 18.3 Å². The highest BCUT2D eigenvalue weighted by molar-refractivity contribution is 5.94. The van der Waals surface area contributed by atoms with Crippen LogP contribution in [-0.4, -0.2) is 47.8 Å². The standard InChI is InChI=1S/C21H32N4O3/c1-20(2,3)28-19(27)23-14-21(4,16-8-9-16)24-18(26)15-7-10-17(22-13-15)25-11-5-6-12-25/h7,10,13,16H,5-6,8-9,11-12,14H2,1-4H3,(H,23,27)(H,24,26). The summed E-state index contributed by atoms with van der Waals surface area (Å²) in [6.07, 6.45) is 5.63. The molecule has 154 valence electrons. The van der Waals surface area contributed by atoms with E-state index in [4.69, 9.17) is 4.74 Å². The first-order valence-corrected chi connectivity index (χ1v) is 10.2. The van der Waals surface area contributed by atoms with Gasteiger partial charge in [-0.2, -0.15) is 0 Å². The number of alkyl carbamates (subject to hydrolysis) is 1. The monoisotopic (exact) mass is 388 g/mol. The van der Waals surface area contributed by atoms with Crippen LogP contribution in [0.3, 0.4) is 0 Å². The van der Waals surface area contributed by atoms with Crippen molar-refractivity contribution in [2.75, 3.05) is 24.5 Å². The molecule has 0 aromatic carbocycles. The first kappa shape index (κ1) is 20.4. The largest absolute Gasteiger partial charge is 0.444 e. The Kier molecular flexibility index (Phi) is 5.82. The van der Waals surface area contributed by atoms with Crippen LogP contribution in [0.2, 0.25) is 0 Å². The zero-order valence-electron chi connectivity index (χ0n) is 17.4. The number of rotatable bonds is 6. The Labute approximate surface area is 167 Å². The smallest absolute Gasteiger partial charge is 0.407 e. The van der Waals surface area contributed by atoms with Gasteiger partial charge in [0.2, 0.25) is 0 Å². The molecular weight excluding hydrogens is 356 g/mol. The molecule has 1 saturated heterocycles. The van der Waals surface area contributed by atoms with E-state index in [1.165, 1.54) is 12.8 Å². The minimum Gasteiger partial charge on any atom is -0.444 e. The number of ether oxygens (including phenoxy) is 1. The molecule has 0 bridgehead atoms. The molecule has 2 amide bonds. The number of nitrogens with zero attached hydrogens (tertiary/aromatic N) is 2. The van der Waals surface area contributed by atoms with Gasteiger partial charge in [0.1, 0.15) is 11.4 Å².